The van der Waals surface area contributed by atoms with Crippen LogP contribution in [0.25, 0.3) is 0 Å². The van der Waals surface area contributed by atoms with Gasteiger partial charge in [0.05, 0.1) is 6.54 Å². The quantitative estimate of drug-likeness (QED) is 0.779. The van der Waals surface area contributed by atoms with Crippen molar-refractivity contribution in [2.24, 2.45) is 0 Å². The van der Waals surface area contributed by atoms with Crippen LogP contribution < -0.4 is 0 Å². The lowest BCUT2D eigenvalue weighted by Gasteiger charge is -2.34. The van der Waals surface area contributed by atoms with Crippen LogP contribution in [0.1, 0.15) is 31.9 Å². The fourth-order valence-electron chi connectivity index (χ4n) is 2.14. The molecular weight excluding hydrogens is 242 g/mol. The molecule has 1 atom stereocenters. The van der Waals surface area contributed by atoms with Gasteiger partial charge in [-0.05, 0) is 31.9 Å². The number of ether oxygens (including phenoxy) is 1. The smallest absolute Gasteiger partial charge is 0.411 e. The second-order valence-corrected chi connectivity index (χ2v) is 5.71. The molecule has 0 saturated carbocycles. The fraction of sp³-hybridized carbons (Fsp3) is 0.467. The van der Waals surface area contributed by atoms with Gasteiger partial charge in [0.25, 0.3) is 0 Å². The molecule has 0 saturated heterocycles. The Labute approximate surface area is 113 Å². The zero-order chi connectivity index (χ0) is 14.0. The summed E-state index contributed by atoms with van der Waals surface area (Å²) in [5, 5.41) is 0. The van der Waals surface area contributed by atoms with E-state index in [0.717, 1.165) is 11.1 Å². The Bertz CT molecular complexity index is 490. The van der Waals surface area contributed by atoms with Gasteiger partial charge in [-0.3, -0.25) is 9.69 Å². The highest BCUT2D eigenvalue weighted by atomic mass is 16.6. The van der Waals surface area contributed by atoms with Crippen molar-refractivity contribution in [1.29, 1.82) is 0 Å². The molecule has 0 aliphatic carbocycles. The maximum absolute atomic E-state index is 12.1. The number of amides is 1. The van der Waals surface area contributed by atoms with Crippen molar-refractivity contribution in [2.75, 3.05) is 0 Å². The summed E-state index contributed by atoms with van der Waals surface area (Å²) in [7, 11) is 0. The van der Waals surface area contributed by atoms with Crippen molar-refractivity contribution >= 4 is 12.4 Å². The van der Waals surface area contributed by atoms with Gasteiger partial charge in [-0.2, -0.15) is 0 Å². The molecule has 4 nitrogen and oxygen atoms in total. The zero-order valence-corrected chi connectivity index (χ0v) is 11.5. The van der Waals surface area contributed by atoms with E-state index in [4.69, 9.17) is 4.74 Å². The zero-order valence-electron chi connectivity index (χ0n) is 11.5. The minimum absolute atomic E-state index is 0.394. The summed E-state index contributed by atoms with van der Waals surface area (Å²) in [6, 6.07) is 7.24. The first-order valence-electron chi connectivity index (χ1n) is 6.35. The van der Waals surface area contributed by atoms with Gasteiger partial charge in [0.15, 0.2) is 0 Å². The second-order valence-electron chi connectivity index (χ2n) is 5.71. The molecule has 0 bridgehead atoms. The van der Waals surface area contributed by atoms with Crippen LogP contribution in [0, 0.1) is 0 Å². The lowest BCUT2D eigenvalue weighted by atomic mass is 9.95. The first kappa shape index (κ1) is 13.6. The Balaban J connectivity index is 2.21. The standard InChI is InChI=1S/C15H18NO3/c1-15(2,3)19-14(18)16-9-12-7-5-4-6-11(12)8-13(16)10-17/h4-7,13H,8-9H2,1-3H3/t13-/m0/s1. The van der Waals surface area contributed by atoms with E-state index in [1.165, 1.54) is 4.90 Å². The molecule has 0 aromatic heterocycles. The van der Waals surface area contributed by atoms with Gasteiger partial charge in [-0.1, -0.05) is 24.3 Å². The van der Waals surface area contributed by atoms with Crippen LogP contribution in [0.2, 0.25) is 0 Å². The molecule has 0 fully saturated rings. The van der Waals surface area contributed by atoms with Crippen LogP contribution in [-0.4, -0.2) is 28.9 Å². The van der Waals surface area contributed by atoms with Crippen molar-refractivity contribution < 1.29 is 14.3 Å². The molecule has 101 valence electrons. The number of carbonyl (C=O) groups is 1. The Morgan fingerprint density at radius 2 is 1.95 bits per heavy atom. The van der Waals surface area contributed by atoms with E-state index in [1.54, 1.807) is 0 Å². The van der Waals surface area contributed by atoms with Crippen molar-refractivity contribution in [1.82, 2.24) is 4.90 Å². The monoisotopic (exact) mass is 260 g/mol. The first-order valence-corrected chi connectivity index (χ1v) is 6.35. The van der Waals surface area contributed by atoms with Gasteiger partial charge in [-0.15, -0.1) is 0 Å². The minimum atomic E-state index is -0.568. The van der Waals surface area contributed by atoms with Crippen LogP contribution in [-0.2, 0) is 22.5 Å². The van der Waals surface area contributed by atoms with Crippen LogP contribution in [0.5, 0.6) is 0 Å². The molecule has 1 aliphatic rings. The normalized spacial score (nSPS) is 18.7. The molecule has 1 aliphatic heterocycles. The number of hydrogen-bond donors (Lipinski definition) is 0. The number of fused-ring (bicyclic) bond motifs is 1. The summed E-state index contributed by atoms with van der Waals surface area (Å²) in [4.78, 5) is 24.6. The Kier molecular flexibility index (Phi) is 3.60. The van der Waals surface area contributed by atoms with E-state index < -0.39 is 17.7 Å². The van der Waals surface area contributed by atoms with Gasteiger partial charge in [-0.25, -0.2) is 4.79 Å². The minimum Gasteiger partial charge on any atom is -0.444 e. The SMILES string of the molecule is CC(C)(C)OC(=O)N1Cc2ccccc2C[C@H]1[C]=O. The average Bonchev–Trinajstić information content (AvgIpc) is 2.35. The van der Waals surface area contributed by atoms with Crippen molar-refractivity contribution in [3.8, 4) is 0 Å². The lowest BCUT2D eigenvalue weighted by Crippen LogP contribution is -2.47. The molecule has 0 spiro atoms. The summed E-state index contributed by atoms with van der Waals surface area (Å²) in [6.07, 6.45) is 1.97. The molecule has 1 radical (unpaired) electrons. The van der Waals surface area contributed by atoms with Crippen LogP contribution >= 0.6 is 0 Å². The summed E-state index contributed by atoms with van der Waals surface area (Å²) < 4.78 is 5.33. The van der Waals surface area contributed by atoms with E-state index in [0.29, 0.717) is 13.0 Å². The molecular formula is C15H18NO3. The molecule has 2 rings (SSSR count). The highest BCUT2D eigenvalue weighted by Crippen LogP contribution is 2.24. The van der Waals surface area contributed by atoms with Gasteiger partial charge < -0.3 is 4.74 Å². The predicted molar refractivity (Wildman–Crippen MR) is 71.4 cm³/mol. The van der Waals surface area contributed by atoms with Gasteiger partial charge >= 0.3 is 6.09 Å². The first-order chi connectivity index (χ1) is 8.90. The number of benzene rings is 1. The Morgan fingerprint density at radius 3 is 2.53 bits per heavy atom. The molecule has 4 heteroatoms. The van der Waals surface area contributed by atoms with Crippen molar-refractivity contribution in [2.45, 2.75) is 45.4 Å². The average molecular weight is 260 g/mol. The van der Waals surface area contributed by atoms with Gasteiger partial charge in [0, 0.05) is 6.42 Å². The molecule has 1 aromatic rings. The van der Waals surface area contributed by atoms with E-state index in [9.17, 15) is 9.59 Å². The van der Waals surface area contributed by atoms with E-state index >= 15 is 0 Å². The van der Waals surface area contributed by atoms with Crippen LogP contribution in [0.3, 0.4) is 0 Å². The second kappa shape index (κ2) is 5.03. The lowest BCUT2D eigenvalue weighted by molar-refractivity contribution is 0.0178. The van der Waals surface area contributed by atoms with Crippen molar-refractivity contribution in [3.63, 3.8) is 0 Å². The maximum Gasteiger partial charge on any atom is 0.411 e. The summed E-state index contributed by atoms with van der Waals surface area (Å²) in [5.74, 6) is 0. The molecule has 1 amide bonds. The number of nitrogens with zero attached hydrogens (tertiary/aromatic N) is 1. The molecule has 0 unspecified atom stereocenters. The van der Waals surface area contributed by atoms with E-state index in [-0.39, 0.29) is 0 Å². The third-order valence-corrected chi connectivity index (χ3v) is 3.01. The highest BCUT2D eigenvalue weighted by molar-refractivity contribution is 5.75. The summed E-state index contributed by atoms with van der Waals surface area (Å²) >= 11 is 0. The fourth-order valence-corrected chi connectivity index (χ4v) is 2.14. The molecule has 19 heavy (non-hydrogen) atoms. The topological polar surface area (TPSA) is 46.6 Å². The largest absolute Gasteiger partial charge is 0.444 e. The van der Waals surface area contributed by atoms with Gasteiger partial charge in [0.1, 0.15) is 11.6 Å². The van der Waals surface area contributed by atoms with Crippen molar-refractivity contribution in [3.05, 3.63) is 35.4 Å². The molecule has 1 heterocycles. The Hall–Kier alpha value is -1.84. The maximum atomic E-state index is 12.1. The summed E-state index contributed by atoms with van der Waals surface area (Å²) in [5.41, 5.74) is 1.58. The summed E-state index contributed by atoms with van der Waals surface area (Å²) in [6.45, 7) is 5.82. The number of carbonyl (C=O) groups excluding carboxylic acids is 2. The Morgan fingerprint density at radius 1 is 1.32 bits per heavy atom. The van der Waals surface area contributed by atoms with Crippen LogP contribution in [0.4, 0.5) is 4.79 Å². The van der Waals surface area contributed by atoms with Gasteiger partial charge in [0.2, 0.25) is 6.29 Å². The molecule has 0 N–H and O–H groups in total. The number of rotatable bonds is 1. The predicted octanol–water partition coefficient (Wildman–Crippen LogP) is 2.46. The molecule has 1 aromatic carbocycles. The highest BCUT2D eigenvalue weighted by Gasteiger charge is 2.32. The van der Waals surface area contributed by atoms with Crippen LogP contribution in [0.15, 0.2) is 24.3 Å². The van der Waals surface area contributed by atoms with E-state index in [1.807, 2.05) is 51.3 Å². The third kappa shape index (κ3) is 3.13. The number of hydrogen-bond acceptors (Lipinski definition) is 3. The third-order valence-electron chi connectivity index (χ3n) is 3.01. The van der Waals surface area contributed by atoms with E-state index in [2.05, 4.69) is 0 Å².